The SMILES string of the molecule is C=CCC/C=C/c1nc(C)nc(C)n1. The van der Waals surface area contributed by atoms with E-state index in [1.54, 1.807) is 0 Å². The molecule has 0 unspecified atom stereocenters. The summed E-state index contributed by atoms with van der Waals surface area (Å²) in [5.41, 5.74) is 0. The molecule has 14 heavy (non-hydrogen) atoms. The van der Waals surface area contributed by atoms with E-state index in [0.29, 0.717) is 0 Å². The molecule has 74 valence electrons. The first-order chi connectivity index (χ1) is 6.72. The Morgan fingerprint density at radius 1 is 1.07 bits per heavy atom. The smallest absolute Gasteiger partial charge is 0.155 e. The van der Waals surface area contributed by atoms with Gasteiger partial charge in [-0.05, 0) is 32.8 Å². The monoisotopic (exact) mass is 189 g/mol. The van der Waals surface area contributed by atoms with Crippen molar-refractivity contribution < 1.29 is 0 Å². The topological polar surface area (TPSA) is 38.7 Å². The molecule has 0 atom stereocenters. The van der Waals surface area contributed by atoms with Gasteiger partial charge in [0, 0.05) is 0 Å². The first-order valence-electron chi connectivity index (χ1n) is 4.69. The molecule has 1 rings (SSSR count). The molecular formula is C11H15N3. The lowest BCUT2D eigenvalue weighted by Gasteiger charge is -1.96. The largest absolute Gasteiger partial charge is 0.219 e. The van der Waals surface area contributed by atoms with Crippen LogP contribution in [-0.2, 0) is 0 Å². The highest BCUT2D eigenvalue weighted by molar-refractivity contribution is 5.39. The molecule has 0 N–H and O–H groups in total. The molecule has 0 saturated carbocycles. The molecule has 0 aliphatic heterocycles. The zero-order valence-corrected chi connectivity index (χ0v) is 8.70. The van der Waals surface area contributed by atoms with Crippen LogP contribution in [0.5, 0.6) is 0 Å². The van der Waals surface area contributed by atoms with E-state index in [9.17, 15) is 0 Å². The summed E-state index contributed by atoms with van der Waals surface area (Å²) in [5, 5.41) is 0. The lowest BCUT2D eigenvalue weighted by atomic mass is 10.3. The second-order valence-corrected chi connectivity index (χ2v) is 3.06. The van der Waals surface area contributed by atoms with E-state index in [0.717, 1.165) is 30.3 Å². The predicted octanol–water partition coefficient (Wildman–Crippen LogP) is 2.47. The first kappa shape index (κ1) is 10.6. The van der Waals surface area contributed by atoms with E-state index in [1.807, 2.05) is 26.0 Å². The standard InChI is InChI=1S/C11H15N3/c1-4-5-6-7-8-11-13-9(2)12-10(3)14-11/h4,7-8H,1,5-6H2,2-3H3/b8-7+. The number of unbranched alkanes of at least 4 members (excludes halogenated alkanes) is 1. The van der Waals surface area contributed by atoms with E-state index in [1.165, 1.54) is 0 Å². The van der Waals surface area contributed by atoms with Crippen LogP contribution < -0.4 is 0 Å². The van der Waals surface area contributed by atoms with Crippen LogP contribution in [0.4, 0.5) is 0 Å². The Morgan fingerprint density at radius 3 is 2.29 bits per heavy atom. The lowest BCUT2D eigenvalue weighted by Crippen LogP contribution is -1.98. The molecule has 0 aliphatic carbocycles. The Bertz CT molecular complexity index is 322. The molecule has 3 nitrogen and oxygen atoms in total. The van der Waals surface area contributed by atoms with Crippen molar-refractivity contribution in [3.8, 4) is 0 Å². The van der Waals surface area contributed by atoms with Gasteiger partial charge in [-0.2, -0.15) is 0 Å². The Morgan fingerprint density at radius 2 is 1.71 bits per heavy atom. The van der Waals surface area contributed by atoms with Gasteiger partial charge in [-0.3, -0.25) is 0 Å². The average Bonchev–Trinajstić information content (AvgIpc) is 2.11. The quantitative estimate of drug-likeness (QED) is 0.539. The summed E-state index contributed by atoms with van der Waals surface area (Å²) in [6.07, 6.45) is 7.84. The number of rotatable bonds is 4. The Kier molecular flexibility index (Phi) is 3.98. The zero-order valence-electron chi connectivity index (χ0n) is 8.70. The number of aromatic nitrogens is 3. The van der Waals surface area contributed by atoms with Crippen molar-refractivity contribution in [2.24, 2.45) is 0 Å². The van der Waals surface area contributed by atoms with Gasteiger partial charge in [-0.15, -0.1) is 6.58 Å². The molecule has 0 aromatic carbocycles. The van der Waals surface area contributed by atoms with Gasteiger partial charge in [0.25, 0.3) is 0 Å². The highest BCUT2D eigenvalue weighted by atomic mass is 15.0. The predicted molar refractivity (Wildman–Crippen MR) is 57.8 cm³/mol. The van der Waals surface area contributed by atoms with Gasteiger partial charge in [-0.1, -0.05) is 12.2 Å². The van der Waals surface area contributed by atoms with Gasteiger partial charge in [0.05, 0.1) is 0 Å². The maximum Gasteiger partial charge on any atom is 0.155 e. The highest BCUT2D eigenvalue weighted by Gasteiger charge is 1.95. The summed E-state index contributed by atoms with van der Waals surface area (Å²) in [4.78, 5) is 12.5. The molecule has 1 heterocycles. The van der Waals surface area contributed by atoms with E-state index in [4.69, 9.17) is 0 Å². The maximum absolute atomic E-state index is 4.20. The number of aryl methyl sites for hydroxylation is 2. The van der Waals surface area contributed by atoms with E-state index < -0.39 is 0 Å². The van der Waals surface area contributed by atoms with Crippen molar-refractivity contribution in [2.75, 3.05) is 0 Å². The van der Waals surface area contributed by atoms with E-state index in [-0.39, 0.29) is 0 Å². The molecule has 0 radical (unpaired) electrons. The van der Waals surface area contributed by atoms with E-state index in [2.05, 4.69) is 27.6 Å². The van der Waals surface area contributed by atoms with Crippen molar-refractivity contribution in [1.29, 1.82) is 0 Å². The summed E-state index contributed by atoms with van der Waals surface area (Å²) < 4.78 is 0. The molecule has 1 aromatic rings. The number of allylic oxidation sites excluding steroid dienone is 2. The van der Waals surface area contributed by atoms with Gasteiger partial charge < -0.3 is 0 Å². The van der Waals surface area contributed by atoms with Crippen molar-refractivity contribution in [3.63, 3.8) is 0 Å². The van der Waals surface area contributed by atoms with Crippen LogP contribution in [0.1, 0.15) is 30.3 Å². The zero-order chi connectivity index (χ0) is 10.4. The average molecular weight is 189 g/mol. The molecule has 3 heteroatoms. The van der Waals surface area contributed by atoms with Crippen molar-refractivity contribution in [1.82, 2.24) is 15.0 Å². The van der Waals surface area contributed by atoms with Crippen LogP contribution in [0, 0.1) is 13.8 Å². The van der Waals surface area contributed by atoms with Gasteiger partial charge in [0.2, 0.25) is 0 Å². The fraction of sp³-hybridized carbons (Fsp3) is 0.364. The molecule has 1 aromatic heterocycles. The second-order valence-electron chi connectivity index (χ2n) is 3.06. The van der Waals surface area contributed by atoms with Crippen molar-refractivity contribution >= 4 is 6.08 Å². The first-order valence-corrected chi connectivity index (χ1v) is 4.69. The summed E-state index contributed by atoms with van der Waals surface area (Å²) in [7, 11) is 0. The highest BCUT2D eigenvalue weighted by Crippen LogP contribution is 1.99. The van der Waals surface area contributed by atoms with Crippen LogP contribution in [0.15, 0.2) is 18.7 Å². The third-order valence-corrected chi connectivity index (χ3v) is 1.68. The number of hydrogen-bond acceptors (Lipinski definition) is 3. The summed E-state index contributed by atoms with van der Waals surface area (Å²) in [6, 6.07) is 0. The maximum atomic E-state index is 4.20. The second kappa shape index (κ2) is 5.27. The third kappa shape index (κ3) is 3.47. The summed E-state index contributed by atoms with van der Waals surface area (Å²) in [5.74, 6) is 2.26. The van der Waals surface area contributed by atoms with Crippen LogP contribution in [-0.4, -0.2) is 15.0 Å². The van der Waals surface area contributed by atoms with E-state index >= 15 is 0 Å². The number of hydrogen-bond donors (Lipinski definition) is 0. The molecule has 0 amide bonds. The minimum Gasteiger partial charge on any atom is -0.219 e. The Balaban J connectivity index is 2.66. The molecule has 0 saturated heterocycles. The molecule has 0 bridgehead atoms. The fourth-order valence-electron chi connectivity index (χ4n) is 1.12. The van der Waals surface area contributed by atoms with Gasteiger partial charge in [0.1, 0.15) is 11.6 Å². The van der Waals surface area contributed by atoms with Crippen molar-refractivity contribution in [3.05, 3.63) is 36.2 Å². The minimum absolute atomic E-state index is 0.735. The Hall–Kier alpha value is -1.51. The van der Waals surface area contributed by atoms with Gasteiger partial charge in [0.15, 0.2) is 5.82 Å². The summed E-state index contributed by atoms with van der Waals surface area (Å²) >= 11 is 0. The third-order valence-electron chi connectivity index (χ3n) is 1.68. The fourth-order valence-corrected chi connectivity index (χ4v) is 1.12. The minimum atomic E-state index is 0.735. The van der Waals surface area contributed by atoms with Crippen LogP contribution in [0.2, 0.25) is 0 Å². The Labute approximate surface area is 84.6 Å². The van der Waals surface area contributed by atoms with Crippen molar-refractivity contribution in [2.45, 2.75) is 26.7 Å². The van der Waals surface area contributed by atoms with Crippen LogP contribution in [0.3, 0.4) is 0 Å². The molecular weight excluding hydrogens is 174 g/mol. The molecule has 0 spiro atoms. The van der Waals surface area contributed by atoms with Gasteiger partial charge in [-0.25, -0.2) is 15.0 Å². The van der Waals surface area contributed by atoms with Gasteiger partial charge >= 0.3 is 0 Å². The van der Waals surface area contributed by atoms with Crippen LogP contribution in [0.25, 0.3) is 6.08 Å². The summed E-state index contributed by atoms with van der Waals surface area (Å²) in [6.45, 7) is 7.40. The normalized spacial score (nSPS) is 10.7. The molecule has 0 fully saturated rings. The molecule has 0 aliphatic rings. The van der Waals surface area contributed by atoms with Crippen LogP contribution >= 0.6 is 0 Å². The number of nitrogens with zero attached hydrogens (tertiary/aromatic N) is 3. The lowest BCUT2D eigenvalue weighted by molar-refractivity contribution is 0.906.